The van der Waals surface area contributed by atoms with Crippen LogP contribution in [-0.2, 0) is 0 Å². The lowest BCUT2D eigenvalue weighted by molar-refractivity contribution is 0.157. The molecular formula is C18H29N3. The van der Waals surface area contributed by atoms with E-state index in [0.717, 1.165) is 12.4 Å². The van der Waals surface area contributed by atoms with Crippen LogP contribution in [0.25, 0.3) is 0 Å². The fraction of sp³-hybridized carbons (Fsp3) is 0.722. The molecule has 116 valence electrons. The molecule has 1 saturated heterocycles. The molecule has 2 heterocycles. The number of aromatic nitrogens is 1. The van der Waals surface area contributed by atoms with Crippen molar-refractivity contribution in [1.29, 1.82) is 0 Å². The summed E-state index contributed by atoms with van der Waals surface area (Å²) in [6, 6.07) is 5.58. The van der Waals surface area contributed by atoms with Crippen LogP contribution in [0.15, 0.2) is 18.3 Å². The Hall–Kier alpha value is -1.09. The summed E-state index contributed by atoms with van der Waals surface area (Å²) in [7, 11) is 0. The third-order valence-corrected chi connectivity index (χ3v) is 5.16. The van der Waals surface area contributed by atoms with E-state index in [0.29, 0.717) is 12.1 Å². The van der Waals surface area contributed by atoms with Gasteiger partial charge in [-0.25, -0.2) is 4.98 Å². The van der Waals surface area contributed by atoms with E-state index in [1.165, 1.54) is 63.5 Å². The first-order valence-electron chi connectivity index (χ1n) is 8.84. The van der Waals surface area contributed by atoms with Crippen LogP contribution in [0.1, 0.15) is 69.9 Å². The predicted molar refractivity (Wildman–Crippen MR) is 88.6 cm³/mol. The maximum Gasteiger partial charge on any atom is 0.130 e. The van der Waals surface area contributed by atoms with Gasteiger partial charge < -0.3 is 5.32 Å². The molecule has 3 rings (SSSR count). The first-order chi connectivity index (χ1) is 10.4. The number of hydrogen-bond acceptors (Lipinski definition) is 3. The van der Waals surface area contributed by atoms with Gasteiger partial charge in [-0.05, 0) is 44.8 Å². The van der Waals surface area contributed by atoms with Crippen LogP contribution in [0.4, 0.5) is 5.82 Å². The normalized spacial score (nSPS) is 24.9. The van der Waals surface area contributed by atoms with Crippen LogP contribution >= 0.6 is 0 Å². The second kappa shape index (κ2) is 7.26. The third-order valence-electron chi connectivity index (χ3n) is 5.16. The Labute approximate surface area is 129 Å². The highest BCUT2D eigenvalue weighted by Gasteiger charge is 2.26. The van der Waals surface area contributed by atoms with Gasteiger partial charge in [0.15, 0.2) is 0 Å². The van der Waals surface area contributed by atoms with E-state index in [1.54, 1.807) is 0 Å². The summed E-state index contributed by atoms with van der Waals surface area (Å²) in [6.45, 7) is 4.66. The zero-order chi connectivity index (χ0) is 14.5. The summed E-state index contributed by atoms with van der Waals surface area (Å²) in [5.74, 6) is 1.15. The number of nitrogens with zero attached hydrogens (tertiary/aromatic N) is 2. The molecule has 3 heteroatoms. The van der Waals surface area contributed by atoms with Gasteiger partial charge in [-0.15, -0.1) is 0 Å². The molecule has 0 radical (unpaired) electrons. The molecule has 0 unspecified atom stereocenters. The van der Waals surface area contributed by atoms with Crippen molar-refractivity contribution in [1.82, 2.24) is 9.88 Å². The van der Waals surface area contributed by atoms with Crippen molar-refractivity contribution in [2.24, 2.45) is 0 Å². The SMILES string of the molecule is CCN1CCCC[C@H]1c1cccnc1NC1CCCCC1. The van der Waals surface area contributed by atoms with Crippen molar-refractivity contribution >= 4 is 5.82 Å². The van der Waals surface area contributed by atoms with Crippen molar-refractivity contribution in [3.05, 3.63) is 23.9 Å². The zero-order valence-corrected chi connectivity index (χ0v) is 13.4. The van der Waals surface area contributed by atoms with E-state index in [1.807, 2.05) is 6.20 Å². The zero-order valence-electron chi connectivity index (χ0n) is 13.4. The lowest BCUT2D eigenvalue weighted by Crippen LogP contribution is -2.34. The largest absolute Gasteiger partial charge is 0.367 e. The van der Waals surface area contributed by atoms with Crippen LogP contribution in [-0.4, -0.2) is 29.0 Å². The molecule has 1 aliphatic heterocycles. The molecule has 2 aliphatic rings. The summed E-state index contributed by atoms with van der Waals surface area (Å²) in [6.07, 6.45) is 12.6. The van der Waals surface area contributed by atoms with Crippen LogP contribution in [0.3, 0.4) is 0 Å². The molecule has 1 aromatic rings. The second-order valence-electron chi connectivity index (χ2n) is 6.56. The van der Waals surface area contributed by atoms with Crippen molar-refractivity contribution in [3.8, 4) is 0 Å². The molecule has 2 fully saturated rings. The molecule has 0 aromatic carbocycles. The van der Waals surface area contributed by atoms with Gasteiger partial charge in [0.2, 0.25) is 0 Å². The van der Waals surface area contributed by atoms with Crippen LogP contribution in [0, 0.1) is 0 Å². The number of anilines is 1. The van der Waals surface area contributed by atoms with Gasteiger partial charge in [0.1, 0.15) is 5.82 Å². The molecule has 1 aromatic heterocycles. The Morgan fingerprint density at radius 2 is 1.95 bits per heavy atom. The smallest absolute Gasteiger partial charge is 0.130 e. The lowest BCUT2D eigenvalue weighted by Gasteiger charge is -2.36. The third kappa shape index (κ3) is 3.57. The van der Waals surface area contributed by atoms with E-state index in [-0.39, 0.29) is 0 Å². The quantitative estimate of drug-likeness (QED) is 0.891. The number of piperidine rings is 1. The van der Waals surface area contributed by atoms with Crippen LogP contribution in [0.5, 0.6) is 0 Å². The second-order valence-corrected chi connectivity index (χ2v) is 6.56. The number of hydrogen-bond donors (Lipinski definition) is 1. The van der Waals surface area contributed by atoms with Gasteiger partial charge in [0, 0.05) is 23.8 Å². The van der Waals surface area contributed by atoms with Gasteiger partial charge in [-0.3, -0.25) is 4.90 Å². The summed E-state index contributed by atoms with van der Waals surface area (Å²) >= 11 is 0. The Morgan fingerprint density at radius 1 is 1.14 bits per heavy atom. The Kier molecular flexibility index (Phi) is 5.13. The van der Waals surface area contributed by atoms with Gasteiger partial charge in [0.05, 0.1) is 0 Å². The van der Waals surface area contributed by atoms with Crippen molar-refractivity contribution in [2.45, 2.75) is 70.4 Å². The standard InChI is InChI=1S/C18H29N3/c1-2-21-14-7-6-12-17(21)16-11-8-13-19-18(16)20-15-9-4-3-5-10-15/h8,11,13,15,17H,2-7,9-10,12,14H2,1H3,(H,19,20)/t17-/m0/s1. The van der Waals surface area contributed by atoms with Crippen molar-refractivity contribution in [2.75, 3.05) is 18.4 Å². The fourth-order valence-corrected chi connectivity index (χ4v) is 3.97. The highest BCUT2D eigenvalue weighted by Crippen LogP contribution is 2.34. The average Bonchev–Trinajstić information content (AvgIpc) is 2.56. The predicted octanol–water partition coefficient (Wildman–Crippen LogP) is 4.37. The molecule has 1 saturated carbocycles. The minimum Gasteiger partial charge on any atom is -0.367 e. The Bertz CT molecular complexity index is 440. The number of nitrogens with one attached hydrogen (secondary N) is 1. The minimum atomic E-state index is 0.559. The maximum absolute atomic E-state index is 4.68. The molecule has 0 bridgehead atoms. The van der Waals surface area contributed by atoms with Gasteiger partial charge in [-0.1, -0.05) is 38.7 Å². The highest BCUT2D eigenvalue weighted by atomic mass is 15.2. The van der Waals surface area contributed by atoms with Crippen molar-refractivity contribution < 1.29 is 0 Å². The first-order valence-corrected chi connectivity index (χ1v) is 8.84. The van der Waals surface area contributed by atoms with E-state index in [4.69, 9.17) is 0 Å². The number of rotatable bonds is 4. The first kappa shape index (κ1) is 14.8. The molecule has 0 spiro atoms. The highest BCUT2D eigenvalue weighted by molar-refractivity contribution is 5.46. The maximum atomic E-state index is 4.68. The van der Waals surface area contributed by atoms with E-state index >= 15 is 0 Å². The molecule has 0 amide bonds. The van der Waals surface area contributed by atoms with Crippen LogP contribution in [0.2, 0.25) is 0 Å². The summed E-state index contributed by atoms with van der Waals surface area (Å²) in [4.78, 5) is 7.30. The van der Waals surface area contributed by atoms with Gasteiger partial charge in [-0.2, -0.15) is 0 Å². The topological polar surface area (TPSA) is 28.2 Å². The van der Waals surface area contributed by atoms with Crippen LogP contribution < -0.4 is 5.32 Å². The molecule has 1 aliphatic carbocycles. The minimum absolute atomic E-state index is 0.559. The molecule has 3 nitrogen and oxygen atoms in total. The van der Waals surface area contributed by atoms with Gasteiger partial charge in [0.25, 0.3) is 0 Å². The van der Waals surface area contributed by atoms with E-state index in [2.05, 4.69) is 34.3 Å². The lowest BCUT2D eigenvalue weighted by atomic mass is 9.93. The summed E-state index contributed by atoms with van der Waals surface area (Å²) < 4.78 is 0. The van der Waals surface area contributed by atoms with E-state index < -0.39 is 0 Å². The molecule has 1 atom stereocenters. The molecule has 21 heavy (non-hydrogen) atoms. The monoisotopic (exact) mass is 287 g/mol. The number of pyridine rings is 1. The van der Waals surface area contributed by atoms with Gasteiger partial charge >= 0.3 is 0 Å². The molecule has 1 N–H and O–H groups in total. The average molecular weight is 287 g/mol. The van der Waals surface area contributed by atoms with Crippen molar-refractivity contribution in [3.63, 3.8) is 0 Å². The Balaban J connectivity index is 1.77. The summed E-state index contributed by atoms with van der Waals surface area (Å²) in [5, 5.41) is 3.75. The van der Waals surface area contributed by atoms with E-state index in [9.17, 15) is 0 Å². The fourth-order valence-electron chi connectivity index (χ4n) is 3.97. The summed E-state index contributed by atoms with van der Waals surface area (Å²) in [5.41, 5.74) is 1.42. The molecular weight excluding hydrogens is 258 g/mol. The number of likely N-dealkylation sites (tertiary alicyclic amines) is 1. The Morgan fingerprint density at radius 3 is 2.76 bits per heavy atom.